The van der Waals surface area contributed by atoms with Crippen LogP contribution in [0.15, 0.2) is 48.5 Å². The van der Waals surface area contributed by atoms with Gasteiger partial charge in [0.25, 0.3) is 0 Å². The Labute approximate surface area is 123 Å². The molecule has 0 bridgehead atoms. The number of carbonyl (C=O) groups excluding carboxylic acids is 1. The standard InChI is InChI=1S/C17H16N2O2/c1-13-6-8-14(9-7-13)21-11-10-19-16-5-3-2-4-15(16)18-17(19)12-20/h2-9,12H,10-11H2,1H3. The van der Waals surface area contributed by atoms with Crippen molar-refractivity contribution in [2.75, 3.05) is 6.61 Å². The van der Waals surface area contributed by atoms with Gasteiger partial charge in [0.15, 0.2) is 12.1 Å². The largest absolute Gasteiger partial charge is 0.492 e. The molecule has 0 N–H and O–H groups in total. The topological polar surface area (TPSA) is 44.1 Å². The first-order chi connectivity index (χ1) is 10.3. The van der Waals surface area contributed by atoms with E-state index in [4.69, 9.17) is 4.74 Å². The summed E-state index contributed by atoms with van der Waals surface area (Å²) in [5.74, 6) is 1.27. The lowest BCUT2D eigenvalue weighted by Crippen LogP contribution is -2.10. The van der Waals surface area contributed by atoms with Gasteiger partial charge >= 0.3 is 0 Å². The summed E-state index contributed by atoms with van der Waals surface area (Å²) >= 11 is 0. The third kappa shape index (κ3) is 2.79. The molecule has 3 rings (SSSR count). The van der Waals surface area contributed by atoms with Gasteiger partial charge in [-0.1, -0.05) is 29.8 Å². The molecule has 0 spiro atoms. The van der Waals surface area contributed by atoms with Crippen molar-refractivity contribution in [3.05, 3.63) is 59.9 Å². The van der Waals surface area contributed by atoms with E-state index in [2.05, 4.69) is 4.98 Å². The number of aldehydes is 1. The summed E-state index contributed by atoms with van der Waals surface area (Å²) in [6.07, 6.45) is 0.784. The molecule has 0 aliphatic rings. The van der Waals surface area contributed by atoms with Gasteiger partial charge in [-0.05, 0) is 31.2 Å². The second-order valence-corrected chi connectivity index (χ2v) is 4.89. The summed E-state index contributed by atoms with van der Waals surface area (Å²) in [4.78, 5) is 15.5. The number of nitrogens with zero attached hydrogens (tertiary/aromatic N) is 2. The van der Waals surface area contributed by atoms with E-state index >= 15 is 0 Å². The Balaban J connectivity index is 1.75. The Morgan fingerprint density at radius 1 is 1.14 bits per heavy atom. The maximum Gasteiger partial charge on any atom is 0.185 e. The molecule has 0 unspecified atom stereocenters. The molecule has 1 aromatic heterocycles. The monoisotopic (exact) mass is 280 g/mol. The van der Waals surface area contributed by atoms with Crippen LogP contribution < -0.4 is 4.74 Å². The van der Waals surface area contributed by atoms with Gasteiger partial charge in [0, 0.05) is 0 Å². The second-order valence-electron chi connectivity index (χ2n) is 4.89. The third-order valence-electron chi connectivity index (χ3n) is 3.39. The highest BCUT2D eigenvalue weighted by Crippen LogP contribution is 2.16. The zero-order valence-corrected chi connectivity index (χ0v) is 11.8. The molecule has 4 heteroatoms. The minimum absolute atomic E-state index is 0.434. The molecule has 106 valence electrons. The Kier molecular flexibility index (Phi) is 3.69. The molecule has 0 saturated carbocycles. The molecule has 2 aromatic carbocycles. The lowest BCUT2D eigenvalue weighted by molar-refractivity contribution is 0.111. The summed E-state index contributed by atoms with van der Waals surface area (Å²) in [6, 6.07) is 15.6. The molecule has 1 heterocycles. The molecule has 0 amide bonds. The SMILES string of the molecule is Cc1ccc(OCCn2c(C=O)nc3ccccc32)cc1. The van der Waals surface area contributed by atoms with Crippen LogP contribution >= 0.6 is 0 Å². The Hall–Kier alpha value is -2.62. The van der Waals surface area contributed by atoms with E-state index in [1.165, 1.54) is 5.56 Å². The van der Waals surface area contributed by atoms with E-state index in [1.807, 2.05) is 60.0 Å². The predicted molar refractivity (Wildman–Crippen MR) is 81.8 cm³/mol. The van der Waals surface area contributed by atoms with Crippen molar-refractivity contribution in [3.63, 3.8) is 0 Å². The Morgan fingerprint density at radius 3 is 2.67 bits per heavy atom. The second kappa shape index (κ2) is 5.79. The van der Waals surface area contributed by atoms with Crippen LogP contribution in [-0.2, 0) is 6.54 Å². The summed E-state index contributed by atoms with van der Waals surface area (Å²) in [6.45, 7) is 3.12. The summed E-state index contributed by atoms with van der Waals surface area (Å²) in [5.41, 5.74) is 2.98. The van der Waals surface area contributed by atoms with Gasteiger partial charge < -0.3 is 9.30 Å². The third-order valence-corrected chi connectivity index (χ3v) is 3.39. The molecule has 3 aromatic rings. The maximum atomic E-state index is 11.1. The van der Waals surface area contributed by atoms with Crippen LogP contribution in [0, 0.1) is 6.92 Å². The van der Waals surface area contributed by atoms with Crippen molar-refractivity contribution >= 4 is 17.3 Å². The minimum Gasteiger partial charge on any atom is -0.492 e. The van der Waals surface area contributed by atoms with Gasteiger partial charge in [-0.15, -0.1) is 0 Å². The van der Waals surface area contributed by atoms with Gasteiger partial charge in [0.1, 0.15) is 12.4 Å². The number of hydrogen-bond donors (Lipinski definition) is 0. The molecule has 0 saturated heterocycles. The van der Waals surface area contributed by atoms with E-state index in [1.54, 1.807) is 0 Å². The number of fused-ring (bicyclic) bond motifs is 1. The maximum absolute atomic E-state index is 11.1. The highest BCUT2D eigenvalue weighted by molar-refractivity contribution is 5.82. The summed E-state index contributed by atoms with van der Waals surface area (Å²) in [5, 5.41) is 0. The molecule has 0 aliphatic carbocycles. The van der Waals surface area contributed by atoms with E-state index in [-0.39, 0.29) is 0 Å². The van der Waals surface area contributed by atoms with Crippen molar-refractivity contribution in [1.82, 2.24) is 9.55 Å². The molecular weight excluding hydrogens is 264 g/mol. The van der Waals surface area contributed by atoms with Crippen LogP contribution in [0.1, 0.15) is 16.2 Å². The van der Waals surface area contributed by atoms with E-state index in [0.29, 0.717) is 19.0 Å². The average molecular weight is 280 g/mol. The first-order valence-electron chi connectivity index (χ1n) is 6.88. The lowest BCUT2D eigenvalue weighted by atomic mass is 10.2. The number of rotatable bonds is 5. The normalized spacial score (nSPS) is 10.7. The van der Waals surface area contributed by atoms with Gasteiger partial charge in [-0.3, -0.25) is 4.79 Å². The van der Waals surface area contributed by atoms with Crippen molar-refractivity contribution in [3.8, 4) is 5.75 Å². The van der Waals surface area contributed by atoms with E-state index in [9.17, 15) is 4.79 Å². The van der Waals surface area contributed by atoms with Crippen LogP contribution in [0.4, 0.5) is 0 Å². The van der Waals surface area contributed by atoms with Crippen LogP contribution in [0.5, 0.6) is 5.75 Å². The number of hydrogen-bond acceptors (Lipinski definition) is 3. The fourth-order valence-electron chi connectivity index (χ4n) is 2.31. The first-order valence-corrected chi connectivity index (χ1v) is 6.88. The van der Waals surface area contributed by atoms with Crippen molar-refractivity contribution in [1.29, 1.82) is 0 Å². The molecular formula is C17H16N2O2. The predicted octanol–water partition coefficient (Wildman–Crippen LogP) is 3.24. The first kappa shape index (κ1) is 13.4. The van der Waals surface area contributed by atoms with E-state index in [0.717, 1.165) is 23.1 Å². The number of carbonyl (C=O) groups is 1. The number of para-hydroxylation sites is 2. The van der Waals surface area contributed by atoms with Crippen LogP contribution in [0.2, 0.25) is 0 Å². The van der Waals surface area contributed by atoms with Crippen molar-refractivity contribution in [2.45, 2.75) is 13.5 Å². The number of ether oxygens (including phenoxy) is 1. The smallest absolute Gasteiger partial charge is 0.185 e. The zero-order valence-electron chi connectivity index (χ0n) is 11.8. The Morgan fingerprint density at radius 2 is 1.90 bits per heavy atom. The van der Waals surface area contributed by atoms with Crippen LogP contribution in [-0.4, -0.2) is 22.4 Å². The number of aryl methyl sites for hydroxylation is 1. The fraction of sp³-hybridized carbons (Fsp3) is 0.176. The Bertz CT molecular complexity index is 760. The molecule has 4 nitrogen and oxygen atoms in total. The molecule has 0 atom stereocenters. The van der Waals surface area contributed by atoms with Gasteiger partial charge in [-0.25, -0.2) is 4.98 Å². The average Bonchev–Trinajstić information content (AvgIpc) is 2.87. The van der Waals surface area contributed by atoms with Crippen molar-refractivity contribution < 1.29 is 9.53 Å². The summed E-state index contributed by atoms with van der Waals surface area (Å²) < 4.78 is 7.60. The number of aromatic nitrogens is 2. The molecule has 0 aliphatic heterocycles. The number of benzene rings is 2. The molecule has 21 heavy (non-hydrogen) atoms. The zero-order chi connectivity index (χ0) is 14.7. The molecule has 0 radical (unpaired) electrons. The van der Waals surface area contributed by atoms with Crippen LogP contribution in [0.25, 0.3) is 11.0 Å². The van der Waals surface area contributed by atoms with Crippen molar-refractivity contribution in [2.24, 2.45) is 0 Å². The number of imidazole rings is 1. The minimum atomic E-state index is 0.434. The summed E-state index contributed by atoms with van der Waals surface area (Å²) in [7, 11) is 0. The van der Waals surface area contributed by atoms with Crippen LogP contribution in [0.3, 0.4) is 0 Å². The highest BCUT2D eigenvalue weighted by atomic mass is 16.5. The molecule has 0 fully saturated rings. The van der Waals surface area contributed by atoms with Gasteiger partial charge in [0.05, 0.1) is 17.6 Å². The van der Waals surface area contributed by atoms with Gasteiger partial charge in [0.2, 0.25) is 0 Å². The van der Waals surface area contributed by atoms with Gasteiger partial charge in [-0.2, -0.15) is 0 Å². The lowest BCUT2D eigenvalue weighted by Gasteiger charge is -2.09. The quantitative estimate of drug-likeness (QED) is 0.674. The fourth-order valence-corrected chi connectivity index (χ4v) is 2.31. The van der Waals surface area contributed by atoms with E-state index < -0.39 is 0 Å². The highest BCUT2D eigenvalue weighted by Gasteiger charge is 2.09.